The molecule has 0 unspecified atom stereocenters. The van der Waals surface area contributed by atoms with E-state index in [1.54, 1.807) is 6.92 Å². The molecule has 2 N–H and O–H groups in total. The van der Waals surface area contributed by atoms with Gasteiger partial charge < -0.3 is 15.3 Å². The highest BCUT2D eigenvalue weighted by Gasteiger charge is 2.52. The monoisotopic (exact) mass is 337 g/mol. The summed E-state index contributed by atoms with van der Waals surface area (Å²) in [4.78, 5) is 50.9. The minimum atomic E-state index is -0.922. The second-order valence-electron chi connectivity index (χ2n) is 7.18. The normalized spacial score (nSPS) is 29.2. The fraction of sp³-hybridized carbons (Fsp3) is 0.750. The maximum absolute atomic E-state index is 12.7. The summed E-state index contributed by atoms with van der Waals surface area (Å²) in [6.07, 6.45) is 4.05. The van der Waals surface area contributed by atoms with Gasteiger partial charge in [0, 0.05) is 13.1 Å². The summed E-state index contributed by atoms with van der Waals surface area (Å²) in [6, 6.07) is -0.516. The Bertz CT molecular complexity index is 584. The van der Waals surface area contributed by atoms with Crippen LogP contribution in [0.1, 0.15) is 39.0 Å². The number of likely N-dealkylation sites (tertiary alicyclic amines) is 1. The predicted octanol–water partition coefficient (Wildman–Crippen LogP) is 0.420. The molecule has 0 aromatic rings. The van der Waals surface area contributed by atoms with Crippen molar-refractivity contribution < 1.29 is 24.3 Å². The van der Waals surface area contributed by atoms with Gasteiger partial charge in [-0.1, -0.05) is 26.2 Å². The Morgan fingerprint density at radius 3 is 2.46 bits per heavy atom. The maximum Gasteiger partial charge on any atom is 0.325 e. The fourth-order valence-corrected chi connectivity index (χ4v) is 4.04. The summed E-state index contributed by atoms with van der Waals surface area (Å²) in [5.74, 6) is -2.35. The summed E-state index contributed by atoms with van der Waals surface area (Å²) < 4.78 is 0. The van der Waals surface area contributed by atoms with Gasteiger partial charge in [0.2, 0.25) is 5.91 Å². The zero-order valence-corrected chi connectivity index (χ0v) is 13.8. The molecule has 0 radical (unpaired) electrons. The minimum Gasteiger partial charge on any atom is -0.481 e. The summed E-state index contributed by atoms with van der Waals surface area (Å²) in [5, 5.41) is 11.9. The van der Waals surface area contributed by atoms with Crippen LogP contribution in [0.25, 0.3) is 0 Å². The van der Waals surface area contributed by atoms with Crippen LogP contribution in [-0.2, 0) is 14.4 Å². The lowest BCUT2D eigenvalue weighted by atomic mass is 9.82. The van der Waals surface area contributed by atoms with E-state index in [4.69, 9.17) is 5.11 Å². The summed E-state index contributed by atoms with van der Waals surface area (Å²) in [6.45, 7) is 1.94. The van der Waals surface area contributed by atoms with Gasteiger partial charge in [0.05, 0.1) is 5.92 Å². The number of amides is 4. The van der Waals surface area contributed by atoms with E-state index < -0.39 is 23.5 Å². The Morgan fingerprint density at radius 2 is 1.88 bits per heavy atom. The van der Waals surface area contributed by atoms with Gasteiger partial charge in [-0.25, -0.2) is 4.79 Å². The first-order valence-electron chi connectivity index (χ1n) is 8.49. The van der Waals surface area contributed by atoms with Gasteiger partial charge >= 0.3 is 12.0 Å². The molecule has 24 heavy (non-hydrogen) atoms. The SMILES string of the molecule is C[C@@H]1CN(C(=O)CN2C(=O)NC3(CCCCC3)C2=O)C[C@H]1C(=O)O. The van der Waals surface area contributed by atoms with E-state index in [0.29, 0.717) is 19.4 Å². The van der Waals surface area contributed by atoms with Gasteiger partial charge in [-0.3, -0.25) is 19.3 Å². The Balaban J connectivity index is 1.65. The molecule has 0 aromatic heterocycles. The number of carboxylic acid groups (broad SMARTS) is 1. The van der Waals surface area contributed by atoms with Crippen LogP contribution in [0.15, 0.2) is 0 Å². The summed E-state index contributed by atoms with van der Waals surface area (Å²) in [7, 11) is 0. The van der Waals surface area contributed by atoms with E-state index in [0.717, 1.165) is 24.2 Å². The van der Waals surface area contributed by atoms with Crippen molar-refractivity contribution in [1.29, 1.82) is 0 Å². The Labute approximate surface area is 140 Å². The van der Waals surface area contributed by atoms with E-state index in [-0.39, 0.29) is 30.8 Å². The Hall–Kier alpha value is -2.12. The van der Waals surface area contributed by atoms with Gasteiger partial charge in [0.15, 0.2) is 0 Å². The van der Waals surface area contributed by atoms with Crippen molar-refractivity contribution in [2.45, 2.75) is 44.6 Å². The largest absolute Gasteiger partial charge is 0.481 e. The van der Waals surface area contributed by atoms with Crippen LogP contribution < -0.4 is 5.32 Å². The van der Waals surface area contributed by atoms with Gasteiger partial charge in [0.1, 0.15) is 12.1 Å². The molecule has 1 saturated carbocycles. The zero-order chi connectivity index (χ0) is 17.5. The van der Waals surface area contributed by atoms with Crippen molar-refractivity contribution in [3.8, 4) is 0 Å². The van der Waals surface area contributed by atoms with Crippen molar-refractivity contribution in [1.82, 2.24) is 15.1 Å². The predicted molar refractivity (Wildman–Crippen MR) is 82.9 cm³/mol. The number of carboxylic acids is 1. The van der Waals surface area contributed by atoms with Crippen molar-refractivity contribution >= 4 is 23.8 Å². The second-order valence-corrected chi connectivity index (χ2v) is 7.18. The van der Waals surface area contributed by atoms with E-state index in [2.05, 4.69) is 5.32 Å². The molecule has 4 amide bonds. The first-order chi connectivity index (χ1) is 11.3. The molecule has 3 rings (SSSR count). The van der Waals surface area contributed by atoms with Crippen LogP contribution in [-0.4, -0.2) is 63.9 Å². The topological polar surface area (TPSA) is 107 Å². The molecular weight excluding hydrogens is 314 g/mol. The van der Waals surface area contributed by atoms with Gasteiger partial charge in [-0.2, -0.15) is 0 Å². The molecule has 3 aliphatic rings. The van der Waals surface area contributed by atoms with Crippen molar-refractivity contribution in [3.05, 3.63) is 0 Å². The number of urea groups is 1. The smallest absolute Gasteiger partial charge is 0.325 e. The molecule has 132 valence electrons. The van der Waals surface area contributed by atoms with Crippen molar-refractivity contribution in [3.63, 3.8) is 0 Å². The molecule has 1 spiro atoms. The molecule has 2 atom stereocenters. The molecule has 2 heterocycles. The first kappa shape index (κ1) is 16.7. The third-order valence-corrected chi connectivity index (χ3v) is 5.53. The zero-order valence-electron chi connectivity index (χ0n) is 13.8. The van der Waals surface area contributed by atoms with Crippen LogP contribution in [0.3, 0.4) is 0 Å². The fourth-order valence-electron chi connectivity index (χ4n) is 4.04. The van der Waals surface area contributed by atoms with E-state index in [9.17, 15) is 19.2 Å². The number of imide groups is 1. The molecule has 0 aromatic carbocycles. The van der Waals surface area contributed by atoms with Crippen LogP contribution in [0.2, 0.25) is 0 Å². The lowest BCUT2D eigenvalue weighted by Gasteiger charge is -2.30. The average molecular weight is 337 g/mol. The van der Waals surface area contributed by atoms with E-state index in [1.807, 2.05) is 0 Å². The van der Waals surface area contributed by atoms with E-state index >= 15 is 0 Å². The molecule has 2 saturated heterocycles. The lowest BCUT2D eigenvalue weighted by molar-refractivity contribution is -0.143. The van der Waals surface area contributed by atoms with Gasteiger partial charge in [-0.05, 0) is 18.8 Å². The lowest BCUT2D eigenvalue weighted by Crippen LogP contribution is -2.49. The Morgan fingerprint density at radius 1 is 1.21 bits per heavy atom. The number of nitrogens with zero attached hydrogens (tertiary/aromatic N) is 2. The van der Waals surface area contributed by atoms with Gasteiger partial charge in [-0.15, -0.1) is 0 Å². The number of carbonyl (C=O) groups is 4. The number of hydrogen-bond donors (Lipinski definition) is 2. The molecule has 1 aliphatic carbocycles. The van der Waals surface area contributed by atoms with E-state index in [1.165, 1.54) is 4.90 Å². The number of carbonyl (C=O) groups excluding carboxylic acids is 3. The third kappa shape index (κ3) is 2.74. The summed E-state index contributed by atoms with van der Waals surface area (Å²) >= 11 is 0. The van der Waals surface area contributed by atoms with Crippen molar-refractivity contribution in [2.75, 3.05) is 19.6 Å². The van der Waals surface area contributed by atoms with Crippen LogP contribution in [0, 0.1) is 11.8 Å². The maximum atomic E-state index is 12.7. The first-order valence-corrected chi connectivity index (χ1v) is 8.49. The van der Waals surface area contributed by atoms with Crippen molar-refractivity contribution in [2.24, 2.45) is 11.8 Å². The second kappa shape index (κ2) is 6.07. The molecule has 8 nitrogen and oxygen atoms in total. The quantitative estimate of drug-likeness (QED) is 0.726. The average Bonchev–Trinajstić information content (AvgIpc) is 3.03. The number of hydrogen-bond acceptors (Lipinski definition) is 4. The Kier molecular flexibility index (Phi) is 4.23. The number of nitrogens with one attached hydrogen (secondary N) is 1. The molecule has 2 aliphatic heterocycles. The molecular formula is C16H23N3O5. The van der Waals surface area contributed by atoms with Crippen LogP contribution in [0.5, 0.6) is 0 Å². The minimum absolute atomic E-state index is 0.129. The highest BCUT2D eigenvalue weighted by Crippen LogP contribution is 2.33. The summed E-state index contributed by atoms with van der Waals surface area (Å²) in [5.41, 5.74) is -0.836. The molecule has 0 bridgehead atoms. The van der Waals surface area contributed by atoms with Gasteiger partial charge in [0.25, 0.3) is 5.91 Å². The number of rotatable bonds is 3. The third-order valence-electron chi connectivity index (χ3n) is 5.53. The highest BCUT2D eigenvalue weighted by atomic mass is 16.4. The van der Waals surface area contributed by atoms with Crippen LogP contribution >= 0.6 is 0 Å². The molecule has 3 fully saturated rings. The van der Waals surface area contributed by atoms with Crippen LogP contribution in [0.4, 0.5) is 4.79 Å². The number of aliphatic carboxylic acids is 1. The molecule has 8 heteroatoms. The highest BCUT2D eigenvalue weighted by molar-refractivity contribution is 6.09. The standard InChI is InChI=1S/C16H23N3O5/c1-10-7-18(8-11(10)13(21)22)12(20)9-19-14(23)16(17-15(19)24)5-3-2-4-6-16/h10-11H,2-9H2,1H3,(H,17,24)(H,21,22)/t10-,11-/m1/s1.